The summed E-state index contributed by atoms with van der Waals surface area (Å²) in [5.74, 6) is -1.26. The Morgan fingerprint density at radius 2 is 2.21 bits per heavy atom. The van der Waals surface area contributed by atoms with Crippen LogP contribution in [0.3, 0.4) is 0 Å². The van der Waals surface area contributed by atoms with E-state index in [-0.39, 0.29) is 11.5 Å². The number of primary amides is 1. The number of amides is 2. The predicted octanol–water partition coefficient (Wildman–Crippen LogP) is 0.876. The monoisotopic (exact) mass is 265 g/mol. The third kappa shape index (κ3) is 2.52. The number of rotatable bonds is 3. The minimum Gasteiger partial charge on any atom is -0.373 e. The van der Waals surface area contributed by atoms with Crippen molar-refractivity contribution in [2.45, 2.75) is 19.4 Å². The Kier molecular flexibility index (Phi) is 3.42. The number of likely N-dealkylation sites (N-methyl/N-ethyl adjacent to an activating group) is 1. The van der Waals surface area contributed by atoms with Crippen molar-refractivity contribution in [1.82, 2.24) is 4.90 Å². The Bertz CT molecular complexity index is 545. The van der Waals surface area contributed by atoms with Crippen LogP contribution in [0.2, 0.25) is 0 Å². The number of nitrogens with zero attached hydrogens (tertiary/aromatic N) is 1. The Labute approximate surface area is 110 Å². The first kappa shape index (κ1) is 13.3. The molecule has 1 aliphatic heterocycles. The van der Waals surface area contributed by atoms with E-state index in [1.54, 1.807) is 18.9 Å². The number of carbonyl (C=O) groups is 2. The Morgan fingerprint density at radius 3 is 2.74 bits per heavy atom. The average Bonchev–Trinajstić information content (AvgIpc) is 2.65. The van der Waals surface area contributed by atoms with Gasteiger partial charge in [0.2, 0.25) is 5.91 Å². The summed E-state index contributed by atoms with van der Waals surface area (Å²) in [6.45, 7) is 2.25. The van der Waals surface area contributed by atoms with E-state index in [1.807, 2.05) is 0 Å². The quantitative estimate of drug-likeness (QED) is 0.851. The summed E-state index contributed by atoms with van der Waals surface area (Å²) in [7, 11) is 1.72. The number of halogens is 1. The average molecular weight is 265 g/mol. The van der Waals surface area contributed by atoms with Gasteiger partial charge in [0.25, 0.3) is 5.91 Å². The molecule has 1 atom stereocenters. The van der Waals surface area contributed by atoms with E-state index >= 15 is 0 Å². The van der Waals surface area contributed by atoms with Crippen molar-refractivity contribution < 1.29 is 14.0 Å². The molecule has 0 bridgehead atoms. The lowest BCUT2D eigenvalue weighted by molar-refractivity contribution is -0.127. The SMILES string of the molecule is Cc1cc(N[C@H]2CCN(C)C2=O)c(C(N)=O)cc1F. The van der Waals surface area contributed by atoms with Crippen LogP contribution in [0.4, 0.5) is 10.1 Å². The van der Waals surface area contributed by atoms with Crippen LogP contribution in [-0.4, -0.2) is 36.3 Å². The zero-order valence-corrected chi connectivity index (χ0v) is 10.9. The molecular weight excluding hydrogens is 249 g/mol. The molecule has 0 saturated carbocycles. The standard InChI is InChI=1S/C13H16FN3O2/c1-7-5-11(8(12(15)18)6-9(7)14)16-10-3-4-17(2)13(10)19/h5-6,10,16H,3-4H2,1-2H3,(H2,15,18)/t10-/m0/s1. The number of aryl methyl sites for hydroxylation is 1. The molecule has 19 heavy (non-hydrogen) atoms. The molecule has 0 spiro atoms. The van der Waals surface area contributed by atoms with Gasteiger partial charge < -0.3 is 16.0 Å². The van der Waals surface area contributed by atoms with Crippen molar-refractivity contribution in [3.63, 3.8) is 0 Å². The summed E-state index contributed by atoms with van der Waals surface area (Å²) < 4.78 is 13.5. The molecule has 3 N–H and O–H groups in total. The van der Waals surface area contributed by atoms with Crippen molar-refractivity contribution in [2.24, 2.45) is 5.73 Å². The summed E-state index contributed by atoms with van der Waals surface area (Å²) in [4.78, 5) is 24.8. The van der Waals surface area contributed by atoms with Crippen LogP contribution >= 0.6 is 0 Å². The zero-order chi connectivity index (χ0) is 14.2. The number of carbonyl (C=O) groups excluding carboxylic acids is 2. The minimum absolute atomic E-state index is 0.0441. The maximum Gasteiger partial charge on any atom is 0.250 e. The van der Waals surface area contributed by atoms with E-state index < -0.39 is 17.8 Å². The highest BCUT2D eigenvalue weighted by molar-refractivity contribution is 5.99. The van der Waals surface area contributed by atoms with Crippen molar-refractivity contribution in [2.75, 3.05) is 18.9 Å². The largest absolute Gasteiger partial charge is 0.373 e. The predicted molar refractivity (Wildman–Crippen MR) is 69.3 cm³/mol. The van der Waals surface area contributed by atoms with Gasteiger partial charge >= 0.3 is 0 Å². The van der Waals surface area contributed by atoms with Crippen LogP contribution in [0.5, 0.6) is 0 Å². The highest BCUT2D eigenvalue weighted by Gasteiger charge is 2.29. The van der Waals surface area contributed by atoms with Gasteiger partial charge in [-0.05, 0) is 31.0 Å². The second-order valence-corrected chi connectivity index (χ2v) is 4.76. The van der Waals surface area contributed by atoms with E-state index in [9.17, 15) is 14.0 Å². The molecular formula is C13H16FN3O2. The van der Waals surface area contributed by atoms with Crippen LogP contribution in [0, 0.1) is 12.7 Å². The van der Waals surface area contributed by atoms with E-state index in [0.717, 1.165) is 6.07 Å². The normalized spacial score (nSPS) is 18.8. The van der Waals surface area contributed by atoms with Gasteiger partial charge in [-0.15, -0.1) is 0 Å². The maximum atomic E-state index is 13.5. The van der Waals surface area contributed by atoms with E-state index in [1.165, 1.54) is 6.07 Å². The summed E-state index contributed by atoms with van der Waals surface area (Å²) in [6.07, 6.45) is 0.643. The Balaban J connectivity index is 2.32. The van der Waals surface area contributed by atoms with Crippen molar-refractivity contribution in [3.05, 3.63) is 29.1 Å². The number of hydrogen-bond donors (Lipinski definition) is 2. The van der Waals surface area contributed by atoms with Gasteiger partial charge in [0.15, 0.2) is 0 Å². The van der Waals surface area contributed by atoms with Gasteiger partial charge in [-0.25, -0.2) is 4.39 Å². The Morgan fingerprint density at radius 1 is 1.53 bits per heavy atom. The smallest absolute Gasteiger partial charge is 0.250 e. The number of likely N-dealkylation sites (tertiary alicyclic amines) is 1. The van der Waals surface area contributed by atoms with Crippen LogP contribution in [0.1, 0.15) is 22.3 Å². The second-order valence-electron chi connectivity index (χ2n) is 4.76. The lowest BCUT2D eigenvalue weighted by Gasteiger charge is -2.16. The van der Waals surface area contributed by atoms with E-state index in [0.29, 0.717) is 24.2 Å². The van der Waals surface area contributed by atoms with Crippen molar-refractivity contribution in [3.8, 4) is 0 Å². The molecule has 1 fully saturated rings. The fourth-order valence-electron chi connectivity index (χ4n) is 2.15. The molecule has 102 valence electrons. The van der Waals surface area contributed by atoms with Crippen LogP contribution in [0.15, 0.2) is 12.1 Å². The number of anilines is 1. The second kappa shape index (κ2) is 4.87. The molecule has 0 unspecified atom stereocenters. The summed E-state index contributed by atoms with van der Waals surface area (Å²) >= 11 is 0. The molecule has 1 aliphatic rings. The number of hydrogen-bond acceptors (Lipinski definition) is 3. The number of nitrogens with two attached hydrogens (primary N) is 1. The van der Waals surface area contributed by atoms with Gasteiger partial charge in [-0.2, -0.15) is 0 Å². The van der Waals surface area contributed by atoms with Crippen molar-refractivity contribution in [1.29, 1.82) is 0 Å². The van der Waals surface area contributed by atoms with Gasteiger partial charge in [0, 0.05) is 19.3 Å². The van der Waals surface area contributed by atoms with Crippen LogP contribution < -0.4 is 11.1 Å². The molecule has 0 aromatic heterocycles. The third-order valence-corrected chi connectivity index (χ3v) is 3.32. The fourth-order valence-corrected chi connectivity index (χ4v) is 2.15. The van der Waals surface area contributed by atoms with E-state index in [2.05, 4.69) is 5.32 Å². The third-order valence-electron chi connectivity index (χ3n) is 3.32. The fraction of sp³-hybridized carbons (Fsp3) is 0.385. The maximum absolute atomic E-state index is 13.5. The molecule has 0 radical (unpaired) electrons. The first-order valence-corrected chi connectivity index (χ1v) is 6.01. The van der Waals surface area contributed by atoms with Crippen molar-refractivity contribution >= 4 is 17.5 Å². The molecule has 5 nitrogen and oxygen atoms in total. The van der Waals surface area contributed by atoms with E-state index in [4.69, 9.17) is 5.73 Å². The summed E-state index contributed by atoms with van der Waals surface area (Å²) in [6, 6.07) is 2.21. The highest BCUT2D eigenvalue weighted by atomic mass is 19.1. The first-order valence-electron chi connectivity index (χ1n) is 6.01. The topological polar surface area (TPSA) is 75.4 Å². The number of benzene rings is 1. The van der Waals surface area contributed by atoms with Gasteiger partial charge in [-0.1, -0.05) is 0 Å². The molecule has 1 aromatic rings. The molecule has 1 saturated heterocycles. The number of nitrogens with one attached hydrogen (secondary N) is 1. The Hall–Kier alpha value is -2.11. The molecule has 6 heteroatoms. The van der Waals surface area contributed by atoms with Gasteiger partial charge in [-0.3, -0.25) is 9.59 Å². The summed E-state index contributed by atoms with van der Waals surface area (Å²) in [5.41, 5.74) is 6.09. The molecule has 1 aromatic carbocycles. The lowest BCUT2D eigenvalue weighted by atomic mass is 10.1. The van der Waals surface area contributed by atoms with Gasteiger partial charge in [0.1, 0.15) is 11.9 Å². The lowest BCUT2D eigenvalue weighted by Crippen LogP contribution is -2.31. The molecule has 2 rings (SSSR count). The zero-order valence-electron chi connectivity index (χ0n) is 10.9. The molecule has 2 amide bonds. The minimum atomic E-state index is -0.722. The van der Waals surface area contributed by atoms with Crippen LogP contribution in [0.25, 0.3) is 0 Å². The summed E-state index contributed by atoms with van der Waals surface area (Å²) in [5, 5.41) is 2.98. The van der Waals surface area contributed by atoms with Gasteiger partial charge in [0.05, 0.1) is 5.56 Å². The highest BCUT2D eigenvalue weighted by Crippen LogP contribution is 2.23. The van der Waals surface area contributed by atoms with Crippen LogP contribution in [-0.2, 0) is 4.79 Å². The first-order chi connectivity index (χ1) is 8.90. The molecule has 1 heterocycles. The molecule has 0 aliphatic carbocycles.